The van der Waals surface area contributed by atoms with E-state index in [9.17, 15) is 18.0 Å². The maximum atomic E-state index is 11.7. The van der Waals surface area contributed by atoms with Gasteiger partial charge in [-0.15, -0.1) is 0 Å². The van der Waals surface area contributed by atoms with E-state index in [1.807, 2.05) is 5.32 Å². The number of rotatable bonds is 2. The molecule has 0 saturated carbocycles. The minimum atomic E-state index is -4.48. The second-order valence-electron chi connectivity index (χ2n) is 2.69. The van der Waals surface area contributed by atoms with Crippen LogP contribution in [-0.4, -0.2) is 28.9 Å². The zero-order valence-electron chi connectivity index (χ0n) is 7.72. The number of carbonyl (C=O) groups is 1. The third kappa shape index (κ3) is 3.49. The molecular formula is C7H6F3N5O. The Kier molecular flexibility index (Phi) is 3.34. The highest BCUT2D eigenvalue weighted by Crippen LogP contribution is 2.12. The van der Waals surface area contributed by atoms with Crippen molar-refractivity contribution in [3.05, 3.63) is 11.8 Å². The Labute approximate surface area is 87.4 Å². The van der Waals surface area contributed by atoms with Crippen molar-refractivity contribution in [1.29, 1.82) is 5.26 Å². The molecule has 0 atom stereocenters. The quantitative estimate of drug-likeness (QED) is 0.710. The van der Waals surface area contributed by atoms with Gasteiger partial charge in [-0.2, -0.15) is 23.5 Å². The van der Waals surface area contributed by atoms with Crippen molar-refractivity contribution in [3.8, 4) is 6.07 Å². The number of urea groups is 1. The minimum absolute atomic E-state index is 0.0298. The molecule has 9 heteroatoms. The third-order valence-corrected chi connectivity index (χ3v) is 1.45. The summed E-state index contributed by atoms with van der Waals surface area (Å²) in [5, 5.41) is 17.8. The van der Waals surface area contributed by atoms with Gasteiger partial charge in [0.05, 0.1) is 6.20 Å². The monoisotopic (exact) mass is 233 g/mol. The molecule has 0 radical (unpaired) electrons. The second-order valence-corrected chi connectivity index (χ2v) is 2.69. The summed E-state index contributed by atoms with van der Waals surface area (Å²) in [4.78, 5) is 10.9. The Morgan fingerprint density at radius 2 is 2.31 bits per heavy atom. The van der Waals surface area contributed by atoms with Gasteiger partial charge in [0, 0.05) is 0 Å². The van der Waals surface area contributed by atoms with E-state index in [0.29, 0.717) is 0 Å². The summed E-state index contributed by atoms with van der Waals surface area (Å²) in [5.74, 6) is -0.0535. The number of alkyl halides is 3. The number of nitriles is 1. The predicted molar refractivity (Wildman–Crippen MR) is 46.4 cm³/mol. The molecule has 0 aliphatic heterocycles. The molecular weight excluding hydrogens is 227 g/mol. The smallest absolute Gasteiger partial charge is 0.329 e. The molecule has 0 aromatic carbocycles. The molecule has 6 nitrogen and oxygen atoms in total. The molecule has 1 aromatic rings. The summed E-state index contributed by atoms with van der Waals surface area (Å²) in [6.45, 7) is -1.45. The number of nitrogens with zero attached hydrogens (tertiary/aromatic N) is 2. The first-order valence-electron chi connectivity index (χ1n) is 3.97. The molecule has 16 heavy (non-hydrogen) atoms. The number of anilines is 1. The van der Waals surface area contributed by atoms with Crippen LogP contribution in [0.15, 0.2) is 6.20 Å². The zero-order chi connectivity index (χ0) is 12.2. The Balaban J connectivity index is 2.50. The fourth-order valence-electron chi connectivity index (χ4n) is 0.804. The van der Waals surface area contributed by atoms with Gasteiger partial charge < -0.3 is 5.32 Å². The van der Waals surface area contributed by atoms with E-state index in [2.05, 4.69) is 10.2 Å². The summed E-state index contributed by atoms with van der Waals surface area (Å²) in [6, 6.07) is 0.624. The SMILES string of the molecule is N#Cc1cn[nH]c1NC(=O)NCC(F)(F)F. The summed E-state index contributed by atoms with van der Waals surface area (Å²) in [6.07, 6.45) is -3.34. The number of aromatic nitrogens is 2. The van der Waals surface area contributed by atoms with Gasteiger partial charge in [0.15, 0.2) is 0 Å². The van der Waals surface area contributed by atoms with Crippen LogP contribution in [0.5, 0.6) is 0 Å². The zero-order valence-corrected chi connectivity index (χ0v) is 7.72. The van der Waals surface area contributed by atoms with E-state index in [-0.39, 0.29) is 11.4 Å². The van der Waals surface area contributed by atoms with Crippen molar-refractivity contribution < 1.29 is 18.0 Å². The van der Waals surface area contributed by atoms with Gasteiger partial charge >= 0.3 is 12.2 Å². The standard InChI is InChI=1S/C7H6F3N5O/c8-7(9,10)3-12-6(16)14-5-4(1-11)2-13-15-5/h2H,3H2,(H3,12,13,14,15,16). The van der Waals surface area contributed by atoms with Crippen LogP contribution in [0, 0.1) is 11.3 Å². The molecule has 0 spiro atoms. The molecule has 1 aromatic heterocycles. The van der Waals surface area contributed by atoms with Crippen molar-refractivity contribution in [2.45, 2.75) is 6.18 Å². The van der Waals surface area contributed by atoms with Crippen molar-refractivity contribution >= 4 is 11.8 Å². The van der Waals surface area contributed by atoms with Gasteiger partial charge in [-0.05, 0) is 0 Å². The van der Waals surface area contributed by atoms with E-state index < -0.39 is 18.8 Å². The fourth-order valence-corrected chi connectivity index (χ4v) is 0.804. The highest BCUT2D eigenvalue weighted by Gasteiger charge is 2.27. The molecule has 3 N–H and O–H groups in total. The van der Waals surface area contributed by atoms with Crippen molar-refractivity contribution in [2.75, 3.05) is 11.9 Å². The van der Waals surface area contributed by atoms with Gasteiger partial charge in [-0.1, -0.05) is 0 Å². The Bertz CT molecular complexity index is 418. The van der Waals surface area contributed by atoms with Crippen LogP contribution >= 0.6 is 0 Å². The van der Waals surface area contributed by atoms with Crippen LogP contribution in [-0.2, 0) is 0 Å². The number of carbonyl (C=O) groups excluding carboxylic acids is 1. The van der Waals surface area contributed by atoms with Gasteiger partial charge in [0.2, 0.25) is 0 Å². The lowest BCUT2D eigenvalue weighted by Crippen LogP contribution is -2.36. The molecule has 86 valence electrons. The first-order valence-corrected chi connectivity index (χ1v) is 3.97. The number of nitrogens with one attached hydrogen (secondary N) is 3. The fraction of sp³-hybridized carbons (Fsp3) is 0.286. The molecule has 0 bridgehead atoms. The van der Waals surface area contributed by atoms with Gasteiger partial charge in [0.25, 0.3) is 0 Å². The van der Waals surface area contributed by atoms with Crippen LogP contribution in [0.2, 0.25) is 0 Å². The number of H-pyrrole nitrogens is 1. The van der Waals surface area contributed by atoms with Gasteiger partial charge in [-0.3, -0.25) is 10.4 Å². The van der Waals surface area contributed by atoms with Crippen molar-refractivity contribution in [3.63, 3.8) is 0 Å². The van der Waals surface area contributed by atoms with E-state index in [0.717, 1.165) is 6.20 Å². The lowest BCUT2D eigenvalue weighted by molar-refractivity contribution is -0.122. The lowest BCUT2D eigenvalue weighted by atomic mass is 10.4. The molecule has 0 saturated heterocycles. The van der Waals surface area contributed by atoms with Crippen LogP contribution < -0.4 is 10.6 Å². The number of amides is 2. The highest BCUT2D eigenvalue weighted by molar-refractivity contribution is 5.89. The van der Waals surface area contributed by atoms with Crippen molar-refractivity contribution in [1.82, 2.24) is 15.5 Å². The molecule has 0 unspecified atom stereocenters. The Morgan fingerprint density at radius 3 is 2.88 bits per heavy atom. The van der Waals surface area contributed by atoms with Crippen LogP contribution in [0.1, 0.15) is 5.56 Å². The third-order valence-electron chi connectivity index (χ3n) is 1.45. The molecule has 1 rings (SSSR count). The van der Waals surface area contributed by atoms with Gasteiger partial charge in [-0.25, -0.2) is 4.79 Å². The van der Waals surface area contributed by atoms with Crippen LogP contribution in [0.4, 0.5) is 23.8 Å². The van der Waals surface area contributed by atoms with Crippen LogP contribution in [0.25, 0.3) is 0 Å². The predicted octanol–water partition coefficient (Wildman–Crippen LogP) is 0.965. The first-order chi connectivity index (χ1) is 7.42. The summed E-state index contributed by atoms with van der Waals surface area (Å²) in [5.41, 5.74) is 0.0298. The highest BCUT2D eigenvalue weighted by atomic mass is 19.4. The maximum Gasteiger partial charge on any atom is 0.405 e. The molecule has 2 amide bonds. The lowest BCUT2D eigenvalue weighted by Gasteiger charge is -2.08. The van der Waals surface area contributed by atoms with Crippen LogP contribution in [0.3, 0.4) is 0 Å². The van der Waals surface area contributed by atoms with E-state index in [1.54, 1.807) is 11.4 Å². The maximum absolute atomic E-state index is 11.7. The molecule has 1 heterocycles. The largest absolute Gasteiger partial charge is 0.405 e. The normalized spacial score (nSPS) is 10.6. The van der Waals surface area contributed by atoms with E-state index in [4.69, 9.17) is 5.26 Å². The molecule has 0 aliphatic rings. The average molecular weight is 233 g/mol. The number of hydrogen-bond donors (Lipinski definition) is 3. The minimum Gasteiger partial charge on any atom is -0.329 e. The Morgan fingerprint density at radius 1 is 1.62 bits per heavy atom. The average Bonchev–Trinajstić information content (AvgIpc) is 2.61. The number of halogens is 3. The second kappa shape index (κ2) is 4.52. The Hall–Kier alpha value is -2.24. The number of aromatic amines is 1. The molecule has 0 aliphatic carbocycles. The van der Waals surface area contributed by atoms with Gasteiger partial charge in [0.1, 0.15) is 24.0 Å². The summed E-state index contributed by atoms with van der Waals surface area (Å²) in [7, 11) is 0. The molecule has 0 fully saturated rings. The van der Waals surface area contributed by atoms with Crippen molar-refractivity contribution in [2.24, 2.45) is 0 Å². The summed E-state index contributed by atoms with van der Waals surface area (Å²) >= 11 is 0. The first kappa shape index (κ1) is 11.8. The number of hydrogen-bond acceptors (Lipinski definition) is 3. The topological polar surface area (TPSA) is 93.6 Å². The summed E-state index contributed by atoms with van der Waals surface area (Å²) < 4.78 is 35.2. The van der Waals surface area contributed by atoms with E-state index >= 15 is 0 Å². The van der Waals surface area contributed by atoms with E-state index in [1.165, 1.54) is 0 Å².